The van der Waals surface area contributed by atoms with Crippen LogP contribution in [0.4, 0.5) is 0 Å². The van der Waals surface area contributed by atoms with Gasteiger partial charge in [0, 0.05) is 40.3 Å². The van der Waals surface area contributed by atoms with Crippen molar-refractivity contribution in [2.75, 3.05) is 6.54 Å². The average molecular weight is 457 g/mol. The lowest BCUT2D eigenvalue weighted by Gasteiger charge is -2.15. The van der Waals surface area contributed by atoms with Gasteiger partial charge < -0.3 is 15.4 Å². The van der Waals surface area contributed by atoms with E-state index in [2.05, 4.69) is 26.2 Å². The summed E-state index contributed by atoms with van der Waals surface area (Å²) in [4.78, 5) is 39.2. The maximum absolute atomic E-state index is 12.6. The van der Waals surface area contributed by atoms with E-state index in [1.54, 1.807) is 0 Å². The summed E-state index contributed by atoms with van der Waals surface area (Å²) in [7, 11) is 0. The number of nitrogens with one attached hydrogen (secondary N) is 2. The van der Waals surface area contributed by atoms with Crippen molar-refractivity contribution in [3.8, 4) is 0 Å². The number of benzene rings is 2. The van der Waals surface area contributed by atoms with E-state index in [-0.39, 0.29) is 18.6 Å². The molecule has 0 aliphatic heterocycles. The molecular formula is C22H21BrN2O4. The molecule has 0 aliphatic carbocycles. The van der Waals surface area contributed by atoms with Crippen molar-refractivity contribution in [3.63, 3.8) is 0 Å². The Balaban J connectivity index is 1.74. The highest BCUT2D eigenvalue weighted by Crippen LogP contribution is 2.23. The molecule has 1 amide bonds. The molecule has 0 radical (unpaired) electrons. The number of carboxylic acid groups (broad SMARTS) is 1. The van der Waals surface area contributed by atoms with Crippen molar-refractivity contribution < 1.29 is 19.5 Å². The van der Waals surface area contributed by atoms with E-state index >= 15 is 0 Å². The van der Waals surface area contributed by atoms with E-state index in [4.69, 9.17) is 5.11 Å². The SMILES string of the molecule is O=C(O)CNC(=O)[C@@H](CC(=O)Cc1ccc(Br)cc1)Cc1c[nH]c2ccccc12. The molecule has 7 heteroatoms. The lowest BCUT2D eigenvalue weighted by Crippen LogP contribution is -2.36. The summed E-state index contributed by atoms with van der Waals surface area (Å²) < 4.78 is 0.930. The van der Waals surface area contributed by atoms with Crippen LogP contribution in [-0.4, -0.2) is 34.3 Å². The summed E-state index contributed by atoms with van der Waals surface area (Å²) in [5.41, 5.74) is 2.75. The van der Waals surface area contributed by atoms with Crippen molar-refractivity contribution in [2.45, 2.75) is 19.3 Å². The minimum Gasteiger partial charge on any atom is -0.480 e. The van der Waals surface area contributed by atoms with Crippen LogP contribution in [0, 0.1) is 5.92 Å². The average Bonchev–Trinajstić information content (AvgIpc) is 3.10. The first kappa shape index (κ1) is 20.8. The molecule has 29 heavy (non-hydrogen) atoms. The molecule has 2 aromatic carbocycles. The van der Waals surface area contributed by atoms with Gasteiger partial charge in [-0.3, -0.25) is 14.4 Å². The summed E-state index contributed by atoms with van der Waals surface area (Å²) in [6.07, 6.45) is 2.45. The van der Waals surface area contributed by atoms with Gasteiger partial charge in [0.15, 0.2) is 0 Å². The minimum absolute atomic E-state index is 0.0427. The van der Waals surface area contributed by atoms with Gasteiger partial charge in [0.2, 0.25) is 5.91 Å². The Morgan fingerprint density at radius 2 is 1.79 bits per heavy atom. The van der Waals surface area contributed by atoms with Crippen LogP contribution in [0.25, 0.3) is 10.9 Å². The van der Waals surface area contributed by atoms with Crippen LogP contribution in [0.15, 0.2) is 59.2 Å². The number of carbonyl (C=O) groups excluding carboxylic acids is 2. The number of Topliss-reactive ketones (excluding diaryl/α,β-unsaturated/α-hetero) is 1. The molecule has 3 aromatic rings. The number of para-hydroxylation sites is 1. The second-order valence-electron chi connectivity index (χ2n) is 6.92. The van der Waals surface area contributed by atoms with Crippen LogP contribution in [0.2, 0.25) is 0 Å². The third kappa shape index (κ3) is 5.77. The molecule has 3 N–H and O–H groups in total. The van der Waals surface area contributed by atoms with Crippen LogP contribution in [-0.2, 0) is 27.2 Å². The number of aromatic nitrogens is 1. The predicted octanol–water partition coefficient (Wildman–Crippen LogP) is 3.49. The number of ketones is 1. The number of amides is 1. The summed E-state index contributed by atoms with van der Waals surface area (Å²) in [5.74, 6) is -2.26. The minimum atomic E-state index is -1.12. The maximum atomic E-state index is 12.6. The van der Waals surface area contributed by atoms with Crippen molar-refractivity contribution in [1.82, 2.24) is 10.3 Å². The van der Waals surface area contributed by atoms with Crippen molar-refractivity contribution in [3.05, 3.63) is 70.3 Å². The number of hydrogen-bond donors (Lipinski definition) is 3. The number of hydrogen-bond acceptors (Lipinski definition) is 3. The molecule has 6 nitrogen and oxygen atoms in total. The van der Waals surface area contributed by atoms with Crippen molar-refractivity contribution in [2.24, 2.45) is 5.92 Å². The molecule has 3 rings (SSSR count). The third-order valence-corrected chi connectivity index (χ3v) is 5.24. The van der Waals surface area contributed by atoms with Crippen LogP contribution >= 0.6 is 15.9 Å². The molecule has 0 saturated carbocycles. The van der Waals surface area contributed by atoms with Gasteiger partial charge in [0.05, 0.1) is 0 Å². The van der Waals surface area contributed by atoms with Crippen LogP contribution < -0.4 is 5.32 Å². The zero-order valence-electron chi connectivity index (χ0n) is 15.7. The van der Waals surface area contributed by atoms with Gasteiger partial charge in [0.25, 0.3) is 0 Å². The number of rotatable bonds is 9. The van der Waals surface area contributed by atoms with Crippen LogP contribution in [0.3, 0.4) is 0 Å². The topological polar surface area (TPSA) is 99.3 Å². The van der Waals surface area contributed by atoms with E-state index in [0.717, 1.165) is 26.5 Å². The number of fused-ring (bicyclic) bond motifs is 1. The van der Waals surface area contributed by atoms with Crippen molar-refractivity contribution >= 4 is 44.5 Å². The normalized spacial score (nSPS) is 11.9. The number of halogens is 1. The number of aromatic amines is 1. The van der Waals surface area contributed by atoms with Crippen LogP contribution in [0.5, 0.6) is 0 Å². The van der Waals surface area contributed by atoms with Gasteiger partial charge in [-0.25, -0.2) is 0 Å². The fourth-order valence-electron chi connectivity index (χ4n) is 3.31. The van der Waals surface area contributed by atoms with Gasteiger partial charge >= 0.3 is 5.97 Å². The van der Waals surface area contributed by atoms with E-state index in [0.29, 0.717) is 6.42 Å². The molecule has 1 aromatic heterocycles. The number of aliphatic carboxylic acids is 1. The molecule has 0 bridgehead atoms. The summed E-state index contributed by atoms with van der Waals surface area (Å²) in [6, 6.07) is 15.2. The molecule has 0 fully saturated rings. The fraction of sp³-hybridized carbons (Fsp3) is 0.227. The quantitative estimate of drug-likeness (QED) is 0.458. The Morgan fingerprint density at radius 3 is 2.52 bits per heavy atom. The Labute approximate surface area is 176 Å². The highest BCUT2D eigenvalue weighted by molar-refractivity contribution is 9.10. The van der Waals surface area contributed by atoms with Gasteiger partial charge in [-0.05, 0) is 35.7 Å². The largest absolute Gasteiger partial charge is 0.480 e. The van der Waals surface area contributed by atoms with Gasteiger partial charge in [0.1, 0.15) is 12.3 Å². The summed E-state index contributed by atoms with van der Waals surface area (Å²) in [6.45, 7) is -0.468. The Morgan fingerprint density at radius 1 is 1.07 bits per heavy atom. The van der Waals surface area contributed by atoms with E-state index in [1.165, 1.54) is 0 Å². The Bertz CT molecular complexity index is 1030. The lowest BCUT2D eigenvalue weighted by atomic mass is 9.91. The highest BCUT2D eigenvalue weighted by Gasteiger charge is 2.24. The Hall–Kier alpha value is -2.93. The molecular weight excluding hydrogens is 436 g/mol. The molecule has 0 unspecified atom stereocenters. The summed E-state index contributed by atoms with van der Waals surface area (Å²) >= 11 is 3.36. The lowest BCUT2D eigenvalue weighted by molar-refractivity contribution is -0.138. The van der Waals surface area contributed by atoms with Gasteiger partial charge in [-0.2, -0.15) is 0 Å². The first-order chi connectivity index (χ1) is 13.9. The highest BCUT2D eigenvalue weighted by atomic mass is 79.9. The zero-order chi connectivity index (χ0) is 20.8. The van der Waals surface area contributed by atoms with Crippen LogP contribution in [0.1, 0.15) is 17.5 Å². The second-order valence-corrected chi connectivity index (χ2v) is 7.83. The first-order valence-electron chi connectivity index (χ1n) is 9.23. The molecule has 1 heterocycles. The monoisotopic (exact) mass is 456 g/mol. The zero-order valence-corrected chi connectivity index (χ0v) is 17.2. The standard InChI is InChI=1S/C22H21BrN2O4/c23-17-7-5-14(6-8-17)9-18(26)11-15(22(29)25-13-21(27)28)10-16-12-24-20-4-2-1-3-19(16)20/h1-8,12,15,24H,9-11,13H2,(H,25,29)(H,27,28)/t15-/m1/s1. The third-order valence-electron chi connectivity index (χ3n) is 4.71. The summed E-state index contributed by atoms with van der Waals surface area (Å²) in [5, 5.41) is 12.3. The van der Waals surface area contributed by atoms with E-state index in [9.17, 15) is 14.4 Å². The predicted molar refractivity (Wildman–Crippen MR) is 114 cm³/mol. The molecule has 1 atom stereocenters. The second kappa shape index (κ2) is 9.52. The number of carboxylic acids is 1. The van der Waals surface area contributed by atoms with Crippen molar-refractivity contribution in [1.29, 1.82) is 0 Å². The molecule has 0 spiro atoms. The molecule has 150 valence electrons. The molecule has 0 saturated heterocycles. The van der Waals surface area contributed by atoms with E-state index in [1.807, 2.05) is 54.7 Å². The smallest absolute Gasteiger partial charge is 0.322 e. The molecule has 0 aliphatic rings. The maximum Gasteiger partial charge on any atom is 0.322 e. The Kier molecular flexibility index (Phi) is 6.82. The van der Waals surface area contributed by atoms with Gasteiger partial charge in [-0.1, -0.05) is 46.3 Å². The fourth-order valence-corrected chi connectivity index (χ4v) is 3.57. The number of H-pyrrole nitrogens is 1. The van der Waals surface area contributed by atoms with E-state index < -0.39 is 24.3 Å². The number of carbonyl (C=O) groups is 3. The van der Waals surface area contributed by atoms with Gasteiger partial charge in [-0.15, -0.1) is 0 Å². The first-order valence-corrected chi connectivity index (χ1v) is 10.0.